The molecule has 0 radical (unpaired) electrons. The van der Waals surface area contributed by atoms with Gasteiger partial charge in [-0.1, -0.05) is 0 Å². The Kier molecular flexibility index (Phi) is 4.59. The summed E-state index contributed by atoms with van der Waals surface area (Å²) in [6.07, 6.45) is 2.09. The Morgan fingerprint density at radius 1 is 1.62 bits per heavy atom. The van der Waals surface area contributed by atoms with E-state index in [4.69, 9.17) is 0 Å². The lowest BCUT2D eigenvalue weighted by Gasteiger charge is -2.06. The third-order valence-corrected chi connectivity index (χ3v) is 2.56. The summed E-state index contributed by atoms with van der Waals surface area (Å²) >= 11 is 1.67. The molecular formula is C11H14OS. The summed E-state index contributed by atoms with van der Waals surface area (Å²) in [5.74, 6) is 5.77. The Morgan fingerprint density at radius 2 is 2.46 bits per heavy atom. The zero-order valence-electron chi connectivity index (χ0n) is 7.79. The molecule has 0 fully saturated rings. The zero-order chi connectivity index (χ0) is 9.52. The molecule has 1 nitrogen and oxygen atoms in total. The summed E-state index contributed by atoms with van der Waals surface area (Å²) in [5, 5.41) is 13.7. The van der Waals surface area contributed by atoms with Gasteiger partial charge in [0.05, 0.1) is 6.10 Å². The molecule has 0 saturated heterocycles. The summed E-state index contributed by atoms with van der Waals surface area (Å²) in [6, 6.07) is 2.05. The predicted molar refractivity (Wildman–Crippen MR) is 56.7 cm³/mol. The highest BCUT2D eigenvalue weighted by Crippen LogP contribution is 2.10. The van der Waals surface area contributed by atoms with Gasteiger partial charge in [-0.05, 0) is 42.2 Å². The van der Waals surface area contributed by atoms with Crippen molar-refractivity contribution in [3.63, 3.8) is 0 Å². The Bertz CT molecular complexity index is 279. The minimum atomic E-state index is -0.240. The van der Waals surface area contributed by atoms with Gasteiger partial charge in [-0.3, -0.25) is 0 Å². The highest BCUT2D eigenvalue weighted by Gasteiger charge is 2.04. The molecule has 0 saturated carbocycles. The molecule has 2 heteroatoms. The number of rotatable bonds is 4. The molecule has 0 amide bonds. The second-order valence-electron chi connectivity index (χ2n) is 2.95. The number of aliphatic hydroxyl groups is 1. The van der Waals surface area contributed by atoms with Crippen molar-refractivity contribution < 1.29 is 5.11 Å². The molecule has 70 valence electrons. The molecule has 13 heavy (non-hydrogen) atoms. The number of aliphatic hydroxyl groups excluding tert-OH is 1. The summed E-state index contributed by atoms with van der Waals surface area (Å²) < 4.78 is 0. The Morgan fingerprint density at radius 3 is 3.08 bits per heavy atom. The van der Waals surface area contributed by atoms with Crippen molar-refractivity contribution in [1.29, 1.82) is 0 Å². The third-order valence-electron chi connectivity index (χ3n) is 1.83. The van der Waals surface area contributed by atoms with Crippen LogP contribution < -0.4 is 0 Å². The van der Waals surface area contributed by atoms with Crippen LogP contribution in [0.15, 0.2) is 16.8 Å². The molecule has 0 aromatic carbocycles. The largest absolute Gasteiger partial charge is 0.393 e. The number of hydrogen-bond acceptors (Lipinski definition) is 2. The van der Waals surface area contributed by atoms with Gasteiger partial charge in [0, 0.05) is 6.42 Å². The van der Waals surface area contributed by atoms with E-state index >= 15 is 0 Å². The van der Waals surface area contributed by atoms with Crippen molar-refractivity contribution in [2.45, 2.75) is 32.3 Å². The first-order valence-electron chi connectivity index (χ1n) is 4.41. The van der Waals surface area contributed by atoms with Crippen LogP contribution in [0.2, 0.25) is 0 Å². The highest BCUT2D eigenvalue weighted by atomic mass is 32.1. The van der Waals surface area contributed by atoms with Crippen LogP contribution in [0, 0.1) is 11.8 Å². The van der Waals surface area contributed by atoms with Crippen LogP contribution in [0.4, 0.5) is 0 Å². The van der Waals surface area contributed by atoms with Crippen LogP contribution in [0.25, 0.3) is 0 Å². The quantitative estimate of drug-likeness (QED) is 0.730. The van der Waals surface area contributed by atoms with Crippen LogP contribution in [0.1, 0.15) is 25.3 Å². The average Bonchev–Trinajstić information content (AvgIpc) is 2.57. The normalized spacial score (nSPS) is 11.8. The highest BCUT2D eigenvalue weighted by molar-refractivity contribution is 7.07. The summed E-state index contributed by atoms with van der Waals surface area (Å²) in [6.45, 7) is 1.82. The van der Waals surface area contributed by atoms with Crippen LogP contribution in [0.5, 0.6) is 0 Å². The SMILES string of the molecule is CC#CCCC(O)Cc1ccsc1. The summed E-state index contributed by atoms with van der Waals surface area (Å²) in [5.41, 5.74) is 1.22. The van der Waals surface area contributed by atoms with E-state index in [0.717, 1.165) is 19.3 Å². The Labute approximate surface area is 83.4 Å². The average molecular weight is 194 g/mol. The molecule has 0 aliphatic rings. The standard InChI is InChI=1S/C11H14OS/c1-2-3-4-5-11(12)8-10-6-7-13-9-10/h6-7,9,11-12H,4-5,8H2,1H3. The van der Waals surface area contributed by atoms with E-state index in [-0.39, 0.29) is 6.10 Å². The van der Waals surface area contributed by atoms with E-state index in [2.05, 4.69) is 23.3 Å². The molecule has 1 aromatic rings. The van der Waals surface area contributed by atoms with Crippen LogP contribution in [-0.4, -0.2) is 11.2 Å². The van der Waals surface area contributed by atoms with Crippen molar-refractivity contribution in [2.75, 3.05) is 0 Å². The molecule has 1 unspecified atom stereocenters. The van der Waals surface area contributed by atoms with Gasteiger partial charge in [0.15, 0.2) is 0 Å². The van der Waals surface area contributed by atoms with E-state index in [9.17, 15) is 5.11 Å². The van der Waals surface area contributed by atoms with Gasteiger partial charge in [-0.2, -0.15) is 11.3 Å². The van der Waals surface area contributed by atoms with Crippen molar-refractivity contribution in [2.24, 2.45) is 0 Å². The minimum absolute atomic E-state index is 0.240. The fourth-order valence-electron chi connectivity index (χ4n) is 1.15. The van der Waals surface area contributed by atoms with Gasteiger partial charge >= 0.3 is 0 Å². The maximum atomic E-state index is 9.58. The number of thiophene rings is 1. The molecule has 1 atom stereocenters. The van der Waals surface area contributed by atoms with Gasteiger partial charge in [0.1, 0.15) is 0 Å². The molecular weight excluding hydrogens is 180 g/mol. The first-order valence-corrected chi connectivity index (χ1v) is 5.36. The van der Waals surface area contributed by atoms with Crippen LogP contribution in [-0.2, 0) is 6.42 Å². The van der Waals surface area contributed by atoms with Crippen molar-refractivity contribution >= 4 is 11.3 Å². The van der Waals surface area contributed by atoms with E-state index in [1.54, 1.807) is 11.3 Å². The van der Waals surface area contributed by atoms with Crippen molar-refractivity contribution in [3.8, 4) is 11.8 Å². The topological polar surface area (TPSA) is 20.2 Å². The molecule has 0 spiro atoms. The second-order valence-corrected chi connectivity index (χ2v) is 3.74. The van der Waals surface area contributed by atoms with E-state index in [0.29, 0.717) is 0 Å². The molecule has 1 rings (SSSR count). The van der Waals surface area contributed by atoms with E-state index < -0.39 is 0 Å². The lowest BCUT2D eigenvalue weighted by molar-refractivity contribution is 0.167. The molecule has 1 aromatic heterocycles. The predicted octanol–water partition coefficient (Wildman–Crippen LogP) is 2.46. The van der Waals surface area contributed by atoms with Crippen LogP contribution >= 0.6 is 11.3 Å². The second kappa shape index (κ2) is 5.80. The van der Waals surface area contributed by atoms with Gasteiger partial charge in [0.2, 0.25) is 0 Å². The first kappa shape index (κ1) is 10.3. The molecule has 1 heterocycles. The van der Waals surface area contributed by atoms with E-state index in [1.807, 2.05) is 12.3 Å². The lowest BCUT2D eigenvalue weighted by Crippen LogP contribution is -2.09. The Balaban J connectivity index is 2.24. The van der Waals surface area contributed by atoms with Crippen molar-refractivity contribution in [3.05, 3.63) is 22.4 Å². The van der Waals surface area contributed by atoms with Crippen molar-refractivity contribution in [1.82, 2.24) is 0 Å². The zero-order valence-corrected chi connectivity index (χ0v) is 8.60. The molecule has 1 N–H and O–H groups in total. The van der Waals surface area contributed by atoms with Gasteiger partial charge in [-0.15, -0.1) is 11.8 Å². The fraction of sp³-hybridized carbons (Fsp3) is 0.455. The number of hydrogen-bond donors (Lipinski definition) is 1. The molecule has 0 aliphatic heterocycles. The summed E-state index contributed by atoms with van der Waals surface area (Å²) in [4.78, 5) is 0. The molecule has 0 aliphatic carbocycles. The van der Waals surface area contributed by atoms with E-state index in [1.165, 1.54) is 5.56 Å². The Hall–Kier alpha value is -0.780. The third kappa shape index (κ3) is 4.12. The molecule has 0 bridgehead atoms. The minimum Gasteiger partial charge on any atom is -0.393 e. The smallest absolute Gasteiger partial charge is 0.0589 e. The van der Waals surface area contributed by atoms with Gasteiger partial charge < -0.3 is 5.11 Å². The van der Waals surface area contributed by atoms with Crippen LogP contribution in [0.3, 0.4) is 0 Å². The maximum absolute atomic E-state index is 9.58. The summed E-state index contributed by atoms with van der Waals surface area (Å²) in [7, 11) is 0. The van der Waals surface area contributed by atoms with Gasteiger partial charge in [0.25, 0.3) is 0 Å². The fourth-order valence-corrected chi connectivity index (χ4v) is 1.83. The first-order chi connectivity index (χ1) is 6.33. The maximum Gasteiger partial charge on any atom is 0.0589 e. The van der Waals surface area contributed by atoms with Gasteiger partial charge in [-0.25, -0.2) is 0 Å². The lowest BCUT2D eigenvalue weighted by atomic mass is 10.1. The monoisotopic (exact) mass is 194 g/mol.